The summed E-state index contributed by atoms with van der Waals surface area (Å²) >= 11 is 0. The van der Waals surface area contributed by atoms with E-state index in [4.69, 9.17) is 0 Å². The fraction of sp³-hybridized carbons (Fsp3) is 0.647. The lowest BCUT2D eigenvalue weighted by Gasteiger charge is -2.28. The molecule has 1 aliphatic heterocycles. The lowest BCUT2D eigenvalue weighted by molar-refractivity contribution is 0.440. The summed E-state index contributed by atoms with van der Waals surface area (Å²) in [5.41, 5.74) is 4.41. The van der Waals surface area contributed by atoms with Crippen LogP contribution in [0.2, 0.25) is 0 Å². The van der Waals surface area contributed by atoms with E-state index >= 15 is 0 Å². The Balaban J connectivity index is 1.92. The summed E-state index contributed by atoms with van der Waals surface area (Å²) < 4.78 is 0. The number of hydrogen-bond acceptors (Lipinski definition) is 2. The molecule has 0 saturated carbocycles. The van der Waals surface area contributed by atoms with Gasteiger partial charge in [0.05, 0.1) is 0 Å². The molecule has 19 heavy (non-hydrogen) atoms. The zero-order valence-corrected chi connectivity index (χ0v) is 12.8. The molecule has 0 aliphatic carbocycles. The summed E-state index contributed by atoms with van der Waals surface area (Å²) in [5.74, 6) is 0. The molecule has 0 aromatic heterocycles. The van der Waals surface area contributed by atoms with Gasteiger partial charge in [0.2, 0.25) is 0 Å². The maximum atomic E-state index is 3.65. The zero-order chi connectivity index (χ0) is 13.9. The van der Waals surface area contributed by atoms with Crippen molar-refractivity contribution in [3.8, 4) is 0 Å². The molecular weight excluding hydrogens is 232 g/mol. The van der Waals surface area contributed by atoms with Crippen LogP contribution < -0.4 is 10.6 Å². The van der Waals surface area contributed by atoms with E-state index in [1.807, 2.05) is 0 Å². The monoisotopic (exact) mass is 260 g/mol. The Bertz CT molecular complexity index is 417. The van der Waals surface area contributed by atoms with Gasteiger partial charge in [0, 0.05) is 24.5 Å². The van der Waals surface area contributed by atoms with E-state index in [0.717, 1.165) is 13.1 Å². The fourth-order valence-corrected chi connectivity index (χ4v) is 3.16. The summed E-state index contributed by atoms with van der Waals surface area (Å²) in [7, 11) is 0. The van der Waals surface area contributed by atoms with Crippen LogP contribution >= 0.6 is 0 Å². The van der Waals surface area contributed by atoms with Gasteiger partial charge in [0.1, 0.15) is 0 Å². The summed E-state index contributed by atoms with van der Waals surface area (Å²) in [6.07, 6.45) is 2.64. The van der Waals surface area contributed by atoms with Crippen molar-refractivity contribution in [1.29, 1.82) is 0 Å². The van der Waals surface area contributed by atoms with Crippen LogP contribution in [0.5, 0.6) is 0 Å². The first-order valence-electron chi connectivity index (χ1n) is 7.51. The second kappa shape index (κ2) is 6.06. The van der Waals surface area contributed by atoms with Gasteiger partial charge in [0.25, 0.3) is 0 Å². The number of aryl methyl sites for hydroxylation is 2. The average Bonchev–Trinajstić information content (AvgIpc) is 2.81. The van der Waals surface area contributed by atoms with Crippen LogP contribution in [0.25, 0.3) is 0 Å². The van der Waals surface area contributed by atoms with E-state index < -0.39 is 0 Å². The van der Waals surface area contributed by atoms with Crippen LogP contribution in [-0.4, -0.2) is 25.7 Å². The smallest absolute Gasteiger partial charge is 0.0192 e. The predicted molar refractivity (Wildman–Crippen MR) is 82.8 cm³/mol. The number of hydrogen-bond donors (Lipinski definition) is 2. The standard InChI is InChI=1S/C17H28N2/c1-13-7-8-16(14(2)10-13)17(3,4)12-18-11-15-6-5-9-19-15/h7-8,10,15,18-19H,5-6,9,11-12H2,1-4H3. The van der Waals surface area contributed by atoms with E-state index in [2.05, 4.69) is 56.5 Å². The largest absolute Gasteiger partial charge is 0.314 e. The lowest BCUT2D eigenvalue weighted by atomic mass is 9.81. The minimum atomic E-state index is 0.191. The molecule has 0 amide bonds. The first kappa shape index (κ1) is 14.5. The lowest BCUT2D eigenvalue weighted by Crippen LogP contribution is -2.40. The van der Waals surface area contributed by atoms with Crippen molar-refractivity contribution in [2.45, 2.75) is 52.0 Å². The molecular formula is C17H28N2. The quantitative estimate of drug-likeness (QED) is 0.850. The van der Waals surface area contributed by atoms with Gasteiger partial charge in [-0.2, -0.15) is 0 Å². The highest BCUT2D eigenvalue weighted by Crippen LogP contribution is 2.26. The van der Waals surface area contributed by atoms with Crippen molar-refractivity contribution >= 4 is 0 Å². The van der Waals surface area contributed by atoms with Crippen molar-refractivity contribution in [2.75, 3.05) is 19.6 Å². The number of benzene rings is 1. The van der Waals surface area contributed by atoms with Gasteiger partial charge in [0.15, 0.2) is 0 Å². The highest BCUT2D eigenvalue weighted by molar-refractivity contribution is 5.35. The summed E-state index contributed by atoms with van der Waals surface area (Å²) in [6.45, 7) is 12.4. The highest BCUT2D eigenvalue weighted by Gasteiger charge is 2.23. The Morgan fingerprint density at radius 1 is 1.32 bits per heavy atom. The zero-order valence-electron chi connectivity index (χ0n) is 12.8. The first-order valence-corrected chi connectivity index (χ1v) is 7.51. The minimum Gasteiger partial charge on any atom is -0.314 e. The van der Waals surface area contributed by atoms with Gasteiger partial charge in [-0.25, -0.2) is 0 Å². The summed E-state index contributed by atoms with van der Waals surface area (Å²) in [5, 5.41) is 7.18. The highest BCUT2D eigenvalue weighted by atomic mass is 15.0. The molecule has 2 N–H and O–H groups in total. The molecule has 106 valence electrons. The number of nitrogens with one attached hydrogen (secondary N) is 2. The molecule has 1 unspecified atom stereocenters. The van der Waals surface area contributed by atoms with Gasteiger partial charge in [-0.15, -0.1) is 0 Å². The topological polar surface area (TPSA) is 24.1 Å². The molecule has 1 aromatic rings. The van der Waals surface area contributed by atoms with Gasteiger partial charge in [-0.3, -0.25) is 0 Å². The van der Waals surface area contributed by atoms with Crippen LogP contribution in [0.15, 0.2) is 18.2 Å². The molecule has 1 saturated heterocycles. The second-order valence-electron chi connectivity index (χ2n) is 6.63. The van der Waals surface area contributed by atoms with Gasteiger partial charge < -0.3 is 10.6 Å². The van der Waals surface area contributed by atoms with Crippen molar-refractivity contribution in [1.82, 2.24) is 10.6 Å². The third-order valence-electron chi connectivity index (χ3n) is 4.23. The summed E-state index contributed by atoms with van der Waals surface area (Å²) in [6, 6.07) is 7.48. The summed E-state index contributed by atoms with van der Waals surface area (Å²) in [4.78, 5) is 0. The van der Waals surface area contributed by atoms with Crippen LogP contribution in [0, 0.1) is 13.8 Å². The van der Waals surface area contributed by atoms with E-state index in [0.29, 0.717) is 6.04 Å². The Kier molecular flexibility index (Phi) is 4.64. The molecule has 0 radical (unpaired) electrons. The molecule has 1 fully saturated rings. The Morgan fingerprint density at radius 3 is 2.74 bits per heavy atom. The van der Waals surface area contributed by atoms with Crippen LogP contribution in [0.3, 0.4) is 0 Å². The van der Waals surface area contributed by atoms with Crippen LogP contribution in [0.1, 0.15) is 43.4 Å². The maximum Gasteiger partial charge on any atom is 0.0192 e. The van der Waals surface area contributed by atoms with Crippen molar-refractivity contribution < 1.29 is 0 Å². The molecule has 0 spiro atoms. The molecule has 1 aromatic carbocycles. The Labute approximate surface area is 118 Å². The van der Waals surface area contributed by atoms with E-state index in [1.54, 1.807) is 0 Å². The van der Waals surface area contributed by atoms with Crippen molar-refractivity contribution in [2.24, 2.45) is 0 Å². The van der Waals surface area contributed by atoms with E-state index in [-0.39, 0.29) is 5.41 Å². The molecule has 1 aliphatic rings. The Hall–Kier alpha value is -0.860. The average molecular weight is 260 g/mol. The molecule has 1 heterocycles. The number of rotatable bonds is 5. The molecule has 2 rings (SSSR count). The third kappa shape index (κ3) is 3.80. The molecule has 2 nitrogen and oxygen atoms in total. The predicted octanol–water partition coefficient (Wildman–Crippen LogP) is 2.92. The molecule has 0 bridgehead atoms. The van der Waals surface area contributed by atoms with Crippen molar-refractivity contribution in [3.63, 3.8) is 0 Å². The first-order chi connectivity index (χ1) is 8.99. The third-order valence-corrected chi connectivity index (χ3v) is 4.23. The van der Waals surface area contributed by atoms with E-state index in [9.17, 15) is 0 Å². The SMILES string of the molecule is Cc1ccc(C(C)(C)CNCC2CCCN2)c(C)c1. The molecule has 2 heteroatoms. The van der Waals surface area contributed by atoms with Gasteiger partial charge in [-0.05, 0) is 44.4 Å². The Morgan fingerprint density at radius 2 is 2.11 bits per heavy atom. The van der Waals surface area contributed by atoms with Gasteiger partial charge in [-0.1, -0.05) is 37.6 Å². The minimum absolute atomic E-state index is 0.191. The van der Waals surface area contributed by atoms with E-state index in [1.165, 1.54) is 36.1 Å². The van der Waals surface area contributed by atoms with Crippen LogP contribution in [-0.2, 0) is 5.41 Å². The second-order valence-corrected chi connectivity index (χ2v) is 6.63. The van der Waals surface area contributed by atoms with Gasteiger partial charge >= 0.3 is 0 Å². The molecule has 1 atom stereocenters. The fourth-order valence-electron chi connectivity index (χ4n) is 3.16. The van der Waals surface area contributed by atoms with Crippen molar-refractivity contribution in [3.05, 3.63) is 34.9 Å². The normalized spacial score (nSPS) is 19.9. The maximum absolute atomic E-state index is 3.65. The van der Waals surface area contributed by atoms with Crippen LogP contribution in [0.4, 0.5) is 0 Å².